The Labute approximate surface area is 155 Å². The zero-order chi connectivity index (χ0) is 18.5. The third kappa shape index (κ3) is 4.03. The molecule has 5 nitrogen and oxygen atoms in total. The average molecular weight is 369 g/mol. The van der Waals surface area contributed by atoms with E-state index in [1.54, 1.807) is 20.2 Å². The third-order valence-electron chi connectivity index (χ3n) is 3.98. The van der Waals surface area contributed by atoms with Crippen molar-refractivity contribution in [3.05, 3.63) is 65.0 Å². The molecule has 1 aromatic heterocycles. The Hall–Kier alpha value is -2.86. The van der Waals surface area contributed by atoms with Crippen LogP contribution >= 0.6 is 11.3 Å². The van der Waals surface area contributed by atoms with Crippen molar-refractivity contribution in [2.24, 2.45) is 0 Å². The van der Waals surface area contributed by atoms with Crippen molar-refractivity contribution in [1.82, 2.24) is 4.90 Å². The molecule has 0 spiro atoms. The van der Waals surface area contributed by atoms with Crippen molar-refractivity contribution in [3.8, 4) is 5.75 Å². The van der Waals surface area contributed by atoms with E-state index in [1.165, 1.54) is 16.2 Å². The van der Waals surface area contributed by atoms with Gasteiger partial charge in [-0.3, -0.25) is 4.79 Å². The summed E-state index contributed by atoms with van der Waals surface area (Å²) in [6.07, 6.45) is 0. The highest BCUT2D eigenvalue weighted by Crippen LogP contribution is 2.25. The molecule has 1 amide bonds. The minimum Gasteiger partial charge on any atom is -0.496 e. The maximum atomic E-state index is 12.3. The van der Waals surface area contributed by atoms with Gasteiger partial charge in [-0.05, 0) is 23.6 Å². The minimum atomic E-state index is -0.481. The van der Waals surface area contributed by atoms with E-state index in [9.17, 15) is 9.59 Å². The van der Waals surface area contributed by atoms with Gasteiger partial charge in [-0.1, -0.05) is 36.4 Å². The Kier molecular flexibility index (Phi) is 5.53. The van der Waals surface area contributed by atoms with Crippen molar-refractivity contribution >= 4 is 33.3 Å². The van der Waals surface area contributed by atoms with Gasteiger partial charge >= 0.3 is 5.97 Å². The molecule has 3 aromatic rings. The molecule has 0 bridgehead atoms. The van der Waals surface area contributed by atoms with Crippen LogP contribution in [0.25, 0.3) is 10.1 Å². The largest absolute Gasteiger partial charge is 0.496 e. The van der Waals surface area contributed by atoms with Crippen molar-refractivity contribution in [1.29, 1.82) is 0 Å². The topological polar surface area (TPSA) is 55.8 Å². The summed E-state index contributed by atoms with van der Waals surface area (Å²) in [5.41, 5.74) is 0.890. The lowest BCUT2D eigenvalue weighted by Gasteiger charge is -2.18. The third-order valence-corrected chi connectivity index (χ3v) is 5.08. The lowest BCUT2D eigenvalue weighted by atomic mass is 10.2. The van der Waals surface area contributed by atoms with Crippen molar-refractivity contribution in [2.45, 2.75) is 6.54 Å². The van der Waals surface area contributed by atoms with Crippen molar-refractivity contribution < 1.29 is 19.1 Å². The summed E-state index contributed by atoms with van der Waals surface area (Å²) >= 11 is 1.36. The Morgan fingerprint density at radius 3 is 2.58 bits per heavy atom. The zero-order valence-electron chi connectivity index (χ0n) is 14.6. The number of carbonyl (C=O) groups excluding carboxylic acids is 2. The number of rotatable bonds is 6. The van der Waals surface area contributed by atoms with Gasteiger partial charge in [-0.2, -0.15) is 0 Å². The number of amides is 1. The number of para-hydroxylation sites is 1. The number of carbonyl (C=O) groups is 2. The number of ether oxygens (including phenoxy) is 2. The lowest BCUT2D eigenvalue weighted by Crippen LogP contribution is -2.30. The fourth-order valence-corrected chi connectivity index (χ4v) is 3.52. The van der Waals surface area contributed by atoms with Crippen LogP contribution in [0.15, 0.2) is 54.6 Å². The second-order valence-electron chi connectivity index (χ2n) is 5.79. The highest BCUT2D eigenvalue weighted by Gasteiger charge is 2.16. The molecule has 0 saturated heterocycles. The summed E-state index contributed by atoms with van der Waals surface area (Å²) in [4.78, 5) is 26.5. The molecule has 0 saturated carbocycles. The van der Waals surface area contributed by atoms with Crippen LogP contribution in [0.4, 0.5) is 0 Å². The first-order chi connectivity index (χ1) is 12.6. The maximum Gasteiger partial charge on any atom is 0.348 e. The van der Waals surface area contributed by atoms with Gasteiger partial charge < -0.3 is 14.4 Å². The van der Waals surface area contributed by atoms with Gasteiger partial charge in [0.2, 0.25) is 0 Å². The summed E-state index contributed by atoms with van der Waals surface area (Å²) in [7, 11) is 3.26. The standard InChI is InChI=1S/C20H19NO4S/c1-21(12-15-8-3-5-9-16(15)24-2)19(22)13-25-20(23)18-11-14-7-4-6-10-17(14)26-18/h3-11H,12-13H2,1-2H3. The van der Waals surface area contributed by atoms with Gasteiger partial charge in [0, 0.05) is 23.9 Å². The predicted octanol–water partition coefficient (Wildman–Crippen LogP) is 3.73. The fourth-order valence-electron chi connectivity index (χ4n) is 2.57. The average Bonchev–Trinajstić information content (AvgIpc) is 3.10. The molecule has 0 aliphatic rings. The molecule has 26 heavy (non-hydrogen) atoms. The van der Waals surface area contributed by atoms with E-state index in [0.29, 0.717) is 11.4 Å². The Morgan fingerprint density at radius 2 is 1.81 bits per heavy atom. The summed E-state index contributed by atoms with van der Waals surface area (Å²) < 4.78 is 11.5. The SMILES string of the molecule is COc1ccccc1CN(C)C(=O)COC(=O)c1cc2ccccc2s1. The van der Waals surface area contributed by atoms with Crippen LogP contribution in [0.1, 0.15) is 15.2 Å². The molecule has 1 heterocycles. The van der Waals surface area contributed by atoms with Crippen molar-refractivity contribution in [2.75, 3.05) is 20.8 Å². The van der Waals surface area contributed by atoms with Gasteiger partial charge in [0.05, 0.1) is 7.11 Å². The molecule has 0 N–H and O–H groups in total. The summed E-state index contributed by atoms with van der Waals surface area (Å²) in [5, 5.41) is 0.990. The Bertz CT molecular complexity index is 901. The molecule has 0 atom stereocenters. The van der Waals surface area contributed by atoms with Crippen LogP contribution in [0, 0.1) is 0 Å². The molecule has 0 fully saturated rings. The first kappa shape index (κ1) is 17.9. The molecule has 0 unspecified atom stereocenters. The number of hydrogen-bond acceptors (Lipinski definition) is 5. The number of esters is 1. The number of nitrogens with zero attached hydrogens (tertiary/aromatic N) is 1. The Morgan fingerprint density at radius 1 is 1.08 bits per heavy atom. The molecule has 2 aromatic carbocycles. The number of benzene rings is 2. The molecular formula is C20H19NO4S. The minimum absolute atomic E-state index is 0.273. The van der Waals surface area contributed by atoms with Crippen LogP contribution in [0.5, 0.6) is 5.75 Å². The number of hydrogen-bond donors (Lipinski definition) is 0. The van der Waals surface area contributed by atoms with E-state index in [2.05, 4.69) is 0 Å². The second kappa shape index (κ2) is 8.01. The van der Waals surface area contributed by atoms with E-state index in [0.717, 1.165) is 21.4 Å². The van der Waals surface area contributed by atoms with E-state index >= 15 is 0 Å². The van der Waals surface area contributed by atoms with Gasteiger partial charge in [0.25, 0.3) is 5.91 Å². The second-order valence-corrected chi connectivity index (χ2v) is 6.87. The van der Waals surface area contributed by atoms with Crippen LogP contribution < -0.4 is 4.74 Å². The summed E-state index contributed by atoms with van der Waals surface area (Å²) in [5.74, 6) is -0.0370. The number of methoxy groups -OCH3 is 1. The number of thiophene rings is 1. The molecule has 0 aliphatic carbocycles. The van der Waals surface area contributed by atoms with E-state index in [4.69, 9.17) is 9.47 Å². The first-order valence-electron chi connectivity index (χ1n) is 8.10. The monoisotopic (exact) mass is 369 g/mol. The van der Waals surface area contributed by atoms with E-state index < -0.39 is 5.97 Å². The summed E-state index contributed by atoms with van der Waals surface area (Å²) in [6.45, 7) is 0.0853. The quantitative estimate of drug-likeness (QED) is 0.622. The van der Waals surface area contributed by atoms with E-state index in [1.807, 2.05) is 48.5 Å². The normalized spacial score (nSPS) is 10.5. The van der Waals surface area contributed by atoms with E-state index in [-0.39, 0.29) is 12.5 Å². The molecular weight excluding hydrogens is 350 g/mol. The zero-order valence-corrected chi connectivity index (χ0v) is 15.4. The van der Waals surface area contributed by atoms with Crippen LogP contribution in [-0.4, -0.2) is 37.5 Å². The lowest BCUT2D eigenvalue weighted by molar-refractivity contribution is -0.133. The van der Waals surface area contributed by atoms with Crippen LogP contribution in [0.3, 0.4) is 0 Å². The molecule has 0 radical (unpaired) electrons. The highest BCUT2D eigenvalue weighted by molar-refractivity contribution is 7.20. The fraction of sp³-hybridized carbons (Fsp3) is 0.200. The first-order valence-corrected chi connectivity index (χ1v) is 8.91. The number of fused-ring (bicyclic) bond motifs is 1. The highest BCUT2D eigenvalue weighted by atomic mass is 32.1. The maximum absolute atomic E-state index is 12.3. The van der Waals surface area contributed by atoms with Gasteiger partial charge in [-0.25, -0.2) is 4.79 Å². The van der Waals surface area contributed by atoms with Crippen LogP contribution in [-0.2, 0) is 16.1 Å². The predicted molar refractivity (Wildman–Crippen MR) is 102 cm³/mol. The van der Waals surface area contributed by atoms with Crippen molar-refractivity contribution in [3.63, 3.8) is 0 Å². The molecule has 0 aliphatic heterocycles. The van der Waals surface area contributed by atoms with Gasteiger partial charge in [0.15, 0.2) is 6.61 Å². The smallest absolute Gasteiger partial charge is 0.348 e. The molecule has 3 rings (SSSR count). The van der Waals surface area contributed by atoms with Gasteiger partial charge in [-0.15, -0.1) is 11.3 Å². The number of likely N-dealkylation sites (N-methyl/N-ethyl adjacent to an activating group) is 1. The molecule has 6 heteroatoms. The molecule has 134 valence electrons. The van der Waals surface area contributed by atoms with Crippen LogP contribution in [0.2, 0.25) is 0 Å². The Balaban J connectivity index is 1.58. The summed E-state index contributed by atoms with van der Waals surface area (Å²) in [6, 6.07) is 17.0. The van der Waals surface area contributed by atoms with Gasteiger partial charge in [0.1, 0.15) is 10.6 Å².